The smallest absolute Gasteiger partial charge is 0.148 e. The lowest BCUT2D eigenvalue weighted by molar-refractivity contribution is -0.116. The largest absolute Gasteiger partial charge is 0.486 e. The number of carbonyl (C=O) groups excluding carboxylic acids is 1. The highest BCUT2D eigenvalue weighted by Crippen LogP contribution is 2.30. The average Bonchev–Trinajstić information content (AvgIpc) is 3.17. The summed E-state index contributed by atoms with van der Waals surface area (Å²) < 4.78 is 11.0. The van der Waals surface area contributed by atoms with Crippen LogP contribution in [0.25, 0.3) is 0 Å². The van der Waals surface area contributed by atoms with Gasteiger partial charge in [-0.25, -0.2) is 4.99 Å². The number of aromatic nitrogens is 1. The molecule has 0 spiro atoms. The summed E-state index contributed by atoms with van der Waals surface area (Å²) in [5.74, 6) is 1.33. The van der Waals surface area contributed by atoms with Crippen molar-refractivity contribution < 1.29 is 14.3 Å². The molecule has 2 aliphatic rings. The molecule has 40 heavy (non-hydrogen) atoms. The average molecular weight is 569 g/mol. The molecule has 1 aromatic heterocycles. The highest BCUT2D eigenvalue weighted by atomic mass is 35.5. The molecule has 0 unspecified atom stereocenters. The number of Topliss-reactive ketones (excluding diaryl/α,β-unsaturated/α-hetero) is 1. The first kappa shape index (κ1) is 31.3. The lowest BCUT2D eigenvalue weighted by Crippen LogP contribution is -2.36. The highest BCUT2D eigenvalue weighted by Gasteiger charge is 2.13. The number of hydrazone groups is 1. The van der Waals surface area contributed by atoms with Crippen molar-refractivity contribution in [2.75, 3.05) is 39.4 Å². The number of ketones is 1. The van der Waals surface area contributed by atoms with Gasteiger partial charge in [-0.15, -0.1) is 0 Å². The first-order chi connectivity index (χ1) is 19.5. The zero-order valence-corrected chi connectivity index (χ0v) is 24.5. The van der Waals surface area contributed by atoms with Crippen molar-refractivity contribution >= 4 is 35.1 Å². The van der Waals surface area contributed by atoms with Crippen LogP contribution >= 0.6 is 11.6 Å². The molecule has 2 aromatic rings. The molecule has 1 saturated heterocycles. The van der Waals surface area contributed by atoms with Gasteiger partial charge in [0.15, 0.2) is 0 Å². The summed E-state index contributed by atoms with van der Waals surface area (Å²) in [5.41, 5.74) is 6.45. The standard InChI is InChI=1S/C22H24ClN5O2.C8H17NO/c1-3-16-10-22(28-26-13-20(16)25-12-15(2)29)27-17-7-8-21(19(23)11-17)30-14-18-6-4-5-9-24-18;1-2-3-4-9-5-7-10-8-6-9/h4-9,11,13,25H,3,10,12,14H2,1-2H3,(H,27,28);2-8H2,1H3. The Hall–Kier alpha value is -3.27. The van der Waals surface area contributed by atoms with Gasteiger partial charge in [0.25, 0.3) is 0 Å². The Balaban J connectivity index is 0.000000371. The molecule has 10 heteroatoms. The predicted octanol–water partition coefficient (Wildman–Crippen LogP) is 5.28. The van der Waals surface area contributed by atoms with Crippen LogP contribution in [0.4, 0.5) is 5.69 Å². The number of nitrogens with zero attached hydrogens (tertiary/aromatic N) is 4. The van der Waals surface area contributed by atoms with Gasteiger partial charge in [-0.2, -0.15) is 5.10 Å². The van der Waals surface area contributed by atoms with Crippen LogP contribution in [0.5, 0.6) is 5.75 Å². The molecular weight excluding hydrogens is 528 g/mol. The molecule has 216 valence electrons. The molecule has 9 nitrogen and oxygen atoms in total. The molecule has 4 rings (SSSR count). The third-order valence-corrected chi connectivity index (χ3v) is 6.61. The second kappa shape index (κ2) is 17.4. The van der Waals surface area contributed by atoms with Gasteiger partial charge >= 0.3 is 0 Å². The van der Waals surface area contributed by atoms with E-state index in [9.17, 15) is 4.79 Å². The van der Waals surface area contributed by atoms with E-state index in [2.05, 4.69) is 44.6 Å². The molecule has 0 bridgehead atoms. The van der Waals surface area contributed by atoms with Crippen LogP contribution in [0.15, 0.2) is 64.0 Å². The number of pyridine rings is 1. The first-order valence-corrected chi connectivity index (χ1v) is 14.3. The Kier molecular flexibility index (Phi) is 13.6. The number of hydrogen-bond donors (Lipinski definition) is 2. The maximum Gasteiger partial charge on any atom is 0.148 e. The van der Waals surface area contributed by atoms with Gasteiger partial charge in [0, 0.05) is 25.7 Å². The Morgan fingerprint density at radius 2 is 2.05 bits per heavy atom. The van der Waals surface area contributed by atoms with Gasteiger partial charge < -0.3 is 14.8 Å². The fourth-order valence-electron chi connectivity index (χ4n) is 4.04. The quantitative estimate of drug-likeness (QED) is 0.380. The molecule has 2 aliphatic heterocycles. The summed E-state index contributed by atoms with van der Waals surface area (Å²) in [6, 6.07) is 11.0. The number of rotatable bonds is 11. The molecular formula is C30H41ClN6O3. The minimum absolute atomic E-state index is 0.0671. The van der Waals surface area contributed by atoms with Crippen LogP contribution in [-0.4, -0.2) is 67.1 Å². The second-order valence-corrected chi connectivity index (χ2v) is 9.97. The second-order valence-electron chi connectivity index (χ2n) is 9.56. The maximum atomic E-state index is 11.3. The number of unbranched alkanes of at least 4 members (excludes halogenated alkanes) is 1. The summed E-state index contributed by atoms with van der Waals surface area (Å²) in [5, 5.41) is 7.81. The van der Waals surface area contributed by atoms with E-state index >= 15 is 0 Å². The van der Waals surface area contributed by atoms with Crippen LogP contribution in [-0.2, 0) is 16.1 Å². The van der Waals surface area contributed by atoms with Crippen molar-refractivity contribution in [2.45, 2.75) is 53.1 Å². The van der Waals surface area contributed by atoms with Gasteiger partial charge in [0.05, 0.1) is 48.1 Å². The zero-order chi connectivity index (χ0) is 28.6. The predicted molar refractivity (Wildman–Crippen MR) is 162 cm³/mol. The number of hydrogen-bond acceptors (Lipinski definition) is 8. The summed E-state index contributed by atoms with van der Waals surface area (Å²) in [6.07, 6.45) is 7.45. The SMILES string of the molecule is CCC1=C(NCC(C)=O)C=NNC(=Nc2ccc(OCc3ccccn3)c(Cl)c2)C1.CCCCN1CCOCC1. The number of allylic oxidation sites excluding steroid dienone is 1. The lowest BCUT2D eigenvalue weighted by Gasteiger charge is -2.26. The van der Waals surface area contributed by atoms with E-state index in [4.69, 9.17) is 21.1 Å². The normalized spacial score (nSPS) is 16.6. The summed E-state index contributed by atoms with van der Waals surface area (Å²) in [7, 11) is 0. The first-order valence-electron chi connectivity index (χ1n) is 13.9. The summed E-state index contributed by atoms with van der Waals surface area (Å²) in [4.78, 5) is 22.6. The van der Waals surface area contributed by atoms with E-state index in [1.165, 1.54) is 19.4 Å². The van der Waals surface area contributed by atoms with Crippen LogP contribution in [0.1, 0.15) is 52.1 Å². The number of halogens is 1. The van der Waals surface area contributed by atoms with Crippen molar-refractivity contribution in [1.29, 1.82) is 0 Å². The van der Waals surface area contributed by atoms with E-state index in [1.54, 1.807) is 31.5 Å². The third kappa shape index (κ3) is 11.1. The number of morpholine rings is 1. The number of amidine groups is 1. The topological polar surface area (TPSA) is 100 Å². The number of ether oxygens (including phenoxy) is 2. The monoisotopic (exact) mass is 568 g/mol. The third-order valence-electron chi connectivity index (χ3n) is 6.32. The summed E-state index contributed by atoms with van der Waals surface area (Å²) in [6.45, 7) is 11.9. The highest BCUT2D eigenvalue weighted by molar-refractivity contribution is 6.32. The maximum absolute atomic E-state index is 11.3. The summed E-state index contributed by atoms with van der Waals surface area (Å²) >= 11 is 6.38. The van der Waals surface area contributed by atoms with E-state index in [1.807, 2.05) is 24.3 Å². The Morgan fingerprint density at radius 1 is 1.23 bits per heavy atom. The Bertz CT molecular complexity index is 1160. The molecule has 1 aromatic carbocycles. The van der Waals surface area contributed by atoms with Crippen LogP contribution in [0.2, 0.25) is 5.02 Å². The van der Waals surface area contributed by atoms with Gasteiger partial charge in [0.1, 0.15) is 24.0 Å². The fourth-order valence-corrected chi connectivity index (χ4v) is 4.27. The number of aliphatic imine (C=N–C) groups is 1. The number of carbonyl (C=O) groups is 1. The molecule has 0 atom stereocenters. The van der Waals surface area contributed by atoms with Crippen molar-refractivity contribution in [3.63, 3.8) is 0 Å². The molecule has 0 saturated carbocycles. The van der Waals surface area contributed by atoms with Crippen LogP contribution in [0.3, 0.4) is 0 Å². The number of nitrogens with one attached hydrogen (secondary N) is 2. The zero-order valence-electron chi connectivity index (χ0n) is 23.8. The van der Waals surface area contributed by atoms with Crippen molar-refractivity contribution in [3.8, 4) is 5.75 Å². The molecule has 0 amide bonds. The molecule has 1 fully saturated rings. The molecule has 2 N–H and O–H groups in total. The minimum Gasteiger partial charge on any atom is -0.486 e. The van der Waals surface area contributed by atoms with E-state index in [0.717, 1.165) is 49.7 Å². The van der Waals surface area contributed by atoms with E-state index < -0.39 is 0 Å². The molecule has 0 radical (unpaired) electrons. The molecule has 3 heterocycles. The molecule has 0 aliphatic carbocycles. The van der Waals surface area contributed by atoms with Crippen molar-refractivity contribution in [3.05, 3.63) is 64.6 Å². The van der Waals surface area contributed by atoms with Crippen LogP contribution in [0, 0.1) is 0 Å². The van der Waals surface area contributed by atoms with Crippen molar-refractivity contribution in [1.82, 2.24) is 20.6 Å². The van der Waals surface area contributed by atoms with Gasteiger partial charge in [-0.1, -0.05) is 37.9 Å². The number of benzene rings is 1. The Labute approximate surface area is 242 Å². The van der Waals surface area contributed by atoms with Gasteiger partial charge in [0.2, 0.25) is 0 Å². The van der Waals surface area contributed by atoms with Crippen LogP contribution < -0.4 is 15.5 Å². The van der Waals surface area contributed by atoms with Gasteiger partial charge in [-0.3, -0.25) is 20.1 Å². The van der Waals surface area contributed by atoms with E-state index in [-0.39, 0.29) is 12.3 Å². The minimum atomic E-state index is 0.0671. The lowest BCUT2D eigenvalue weighted by atomic mass is 10.1. The van der Waals surface area contributed by atoms with Crippen molar-refractivity contribution in [2.24, 2.45) is 10.1 Å². The van der Waals surface area contributed by atoms with E-state index in [0.29, 0.717) is 35.3 Å². The Morgan fingerprint density at radius 3 is 2.73 bits per heavy atom. The van der Waals surface area contributed by atoms with Gasteiger partial charge in [-0.05, 0) is 62.2 Å². The fraction of sp³-hybridized carbons (Fsp3) is 0.467.